The van der Waals surface area contributed by atoms with Crippen LogP contribution in [-0.4, -0.2) is 15.9 Å². The molecule has 1 amide bonds. The SMILES string of the molecule is CC(NC(=O)c1cccnc1NCc1ccc(-c2ccc3nc(N)sc3c2)s1)c1ccc(F)cc1. The summed E-state index contributed by atoms with van der Waals surface area (Å²) < 4.78 is 14.3. The number of benzene rings is 2. The van der Waals surface area contributed by atoms with E-state index in [1.807, 2.05) is 19.1 Å². The molecular formula is C26H22FN5OS2. The molecule has 0 fully saturated rings. The molecule has 0 bridgehead atoms. The summed E-state index contributed by atoms with van der Waals surface area (Å²) in [5.41, 5.74) is 9.12. The van der Waals surface area contributed by atoms with Crippen LogP contribution < -0.4 is 16.4 Å². The minimum absolute atomic E-state index is 0.249. The number of pyridine rings is 1. The van der Waals surface area contributed by atoms with Crippen molar-refractivity contribution in [1.29, 1.82) is 0 Å². The van der Waals surface area contributed by atoms with Gasteiger partial charge in [-0.3, -0.25) is 4.79 Å². The van der Waals surface area contributed by atoms with Crippen molar-refractivity contribution in [1.82, 2.24) is 15.3 Å². The van der Waals surface area contributed by atoms with E-state index in [-0.39, 0.29) is 17.8 Å². The monoisotopic (exact) mass is 503 g/mol. The summed E-state index contributed by atoms with van der Waals surface area (Å²) in [6, 6.07) is 19.6. The van der Waals surface area contributed by atoms with E-state index in [2.05, 4.69) is 38.8 Å². The number of thiophene rings is 1. The number of halogens is 1. The number of fused-ring (bicyclic) bond motifs is 1. The number of anilines is 2. The van der Waals surface area contributed by atoms with Crippen LogP contribution in [0, 0.1) is 5.82 Å². The summed E-state index contributed by atoms with van der Waals surface area (Å²) in [6.07, 6.45) is 1.65. The minimum atomic E-state index is -0.309. The van der Waals surface area contributed by atoms with Crippen molar-refractivity contribution in [3.8, 4) is 10.4 Å². The molecule has 0 aliphatic rings. The summed E-state index contributed by atoms with van der Waals surface area (Å²) in [5, 5.41) is 6.82. The fourth-order valence-electron chi connectivity index (χ4n) is 3.73. The van der Waals surface area contributed by atoms with Crippen LogP contribution in [0.25, 0.3) is 20.7 Å². The molecule has 0 aliphatic heterocycles. The highest BCUT2D eigenvalue weighted by atomic mass is 32.1. The molecule has 6 nitrogen and oxygen atoms in total. The number of carbonyl (C=O) groups excluding carboxylic acids is 1. The molecule has 0 radical (unpaired) electrons. The van der Waals surface area contributed by atoms with Crippen molar-refractivity contribution in [3.05, 3.63) is 94.7 Å². The zero-order valence-corrected chi connectivity index (χ0v) is 20.4. The quantitative estimate of drug-likeness (QED) is 0.244. The second-order valence-electron chi connectivity index (χ2n) is 8.00. The van der Waals surface area contributed by atoms with E-state index in [1.165, 1.54) is 23.5 Å². The highest BCUT2D eigenvalue weighted by Gasteiger charge is 2.16. The first-order valence-electron chi connectivity index (χ1n) is 11.0. The van der Waals surface area contributed by atoms with E-state index >= 15 is 0 Å². The van der Waals surface area contributed by atoms with E-state index in [0.717, 1.165) is 31.1 Å². The van der Waals surface area contributed by atoms with E-state index in [1.54, 1.807) is 41.8 Å². The van der Waals surface area contributed by atoms with Crippen LogP contribution in [0.5, 0.6) is 0 Å². The van der Waals surface area contributed by atoms with Gasteiger partial charge < -0.3 is 16.4 Å². The molecule has 176 valence electrons. The summed E-state index contributed by atoms with van der Waals surface area (Å²) in [6.45, 7) is 2.39. The van der Waals surface area contributed by atoms with Gasteiger partial charge >= 0.3 is 0 Å². The average molecular weight is 504 g/mol. The lowest BCUT2D eigenvalue weighted by Crippen LogP contribution is -2.27. The van der Waals surface area contributed by atoms with Gasteiger partial charge in [0.25, 0.3) is 5.91 Å². The molecule has 3 heterocycles. The van der Waals surface area contributed by atoms with Gasteiger partial charge in [-0.1, -0.05) is 29.5 Å². The molecule has 5 rings (SSSR count). The maximum absolute atomic E-state index is 13.2. The Morgan fingerprint density at radius 2 is 1.91 bits per heavy atom. The van der Waals surface area contributed by atoms with E-state index in [0.29, 0.717) is 23.1 Å². The Bertz CT molecular complexity index is 1500. The van der Waals surface area contributed by atoms with Gasteiger partial charge in [0, 0.05) is 16.0 Å². The number of nitrogens with zero attached hydrogens (tertiary/aromatic N) is 2. The zero-order chi connectivity index (χ0) is 24.4. The van der Waals surface area contributed by atoms with Gasteiger partial charge in [0.05, 0.1) is 28.4 Å². The Hall–Kier alpha value is -3.82. The number of nitrogens with two attached hydrogens (primary N) is 1. The zero-order valence-electron chi connectivity index (χ0n) is 18.8. The Labute approximate surface area is 209 Å². The number of carbonyl (C=O) groups is 1. The average Bonchev–Trinajstić information content (AvgIpc) is 3.48. The van der Waals surface area contributed by atoms with E-state index in [4.69, 9.17) is 5.73 Å². The smallest absolute Gasteiger partial charge is 0.255 e. The summed E-state index contributed by atoms with van der Waals surface area (Å²) in [7, 11) is 0. The molecule has 3 aromatic heterocycles. The molecule has 2 aromatic carbocycles. The van der Waals surface area contributed by atoms with Crippen LogP contribution in [-0.2, 0) is 6.54 Å². The highest BCUT2D eigenvalue weighted by molar-refractivity contribution is 7.22. The summed E-state index contributed by atoms with van der Waals surface area (Å²) >= 11 is 3.15. The Balaban J connectivity index is 1.27. The van der Waals surface area contributed by atoms with Gasteiger partial charge in [-0.05, 0) is 66.6 Å². The van der Waals surface area contributed by atoms with Crippen molar-refractivity contribution in [2.45, 2.75) is 19.5 Å². The highest BCUT2D eigenvalue weighted by Crippen LogP contribution is 2.33. The molecule has 0 spiro atoms. The molecule has 0 aliphatic carbocycles. The normalized spacial score (nSPS) is 11.9. The fourth-order valence-corrected chi connectivity index (χ4v) is 5.45. The van der Waals surface area contributed by atoms with Crippen LogP contribution in [0.15, 0.2) is 72.9 Å². The second-order valence-corrected chi connectivity index (χ2v) is 10.2. The van der Waals surface area contributed by atoms with Gasteiger partial charge in [0.15, 0.2) is 5.13 Å². The molecule has 35 heavy (non-hydrogen) atoms. The van der Waals surface area contributed by atoms with Gasteiger partial charge in [0.2, 0.25) is 0 Å². The maximum Gasteiger partial charge on any atom is 0.255 e. The number of aromatic nitrogens is 2. The molecular weight excluding hydrogens is 481 g/mol. The number of amides is 1. The van der Waals surface area contributed by atoms with Crippen LogP contribution in [0.2, 0.25) is 0 Å². The first-order chi connectivity index (χ1) is 17.0. The lowest BCUT2D eigenvalue weighted by Gasteiger charge is -2.16. The first-order valence-corrected chi connectivity index (χ1v) is 12.6. The van der Waals surface area contributed by atoms with Crippen molar-refractivity contribution in [3.63, 3.8) is 0 Å². The van der Waals surface area contributed by atoms with Crippen LogP contribution in [0.4, 0.5) is 15.3 Å². The molecule has 4 N–H and O–H groups in total. The third kappa shape index (κ3) is 5.16. The van der Waals surface area contributed by atoms with Gasteiger partial charge in [-0.15, -0.1) is 11.3 Å². The molecule has 5 aromatic rings. The third-order valence-electron chi connectivity index (χ3n) is 5.55. The predicted octanol–water partition coefficient (Wildman–Crippen LogP) is 6.24. The van der Waals surface area contributed by atoms with Crippen LogP contribution in [0.3, 0.4) is 0 Å². The number of nitrogen functional groups attached to an aromatic ring is 1. The molecule has 1 unspecified atom stereocenters. The number of hydrogen-bond acceptors (Lipinski definition) is 7. The predicted molar refractivity (Wildman–Crippen MR) is 141 cm³/mol. The van der Waals surface area contributed by atoms with Crippen molar-refractivity contribution >= 4 is 49.7 Å². The third-order valence-corrected chi connectivity index (χ3v) is 7.53. The van der Waals surface area contributed by atoms with Crippen LogP contribution in [0.1, 0.15) is 33.8 Å². The number of hydrogen-bond donors (Lipinski definition) is 3. The van der Waals surface area contributed by atoms with Crippen molar-refractivity contribution in [2.75, 3.05) is 11.1 Å². The molecule has 0 saturated heterocycles. The minimum Gasteiger partial charge on any atom is -0.375 e. The largest absolute Gasteiger partial charge is 0.375 e. The molecule has 9 heteroatoms. The lowest BCUT2D eigenvalue weighted by atomic mass is 10.1. The van der Waals surface area contributed by atoms with Gasteiger partial charge in [-0.2, -0.15) is 0 Å². The lowest BCUT2D eigenvalue weighted by molar-refractivity contribution is 0.0940. The topological polar surface area (TPSA) is 92.9 Å². The summed E-state index contributed by atoms with van der Waals surface area (Å²) in [5.74, 6) is -0.0502. The number of thiazole rings is 1. The summed E-state index contributed by atoms with van der Waals surface area (Å²) in [4.78, 5) is 23.9. The van der Waals surface area contributed by atoms with Gasteiger partial charge in [-0.25, -0.2) is 14.4 Å². The Morgan fingerprint density at radius 1 is 1.09 bits per heavy atom. The second kappa shape index (κ2) is 9.81. The van der Waals surface area contributed by atoms with Crippen molar-refractivity contribution in [2.24, 2.45) is 0 Å². The molecule has 0 saturated carbocycles. The standard InChI is InChI=1S/C26H22FN5OS2/c1-15(16-4-7-18(27)8-5-16)31-25(33)20-3-2-12-29-24(20)30-14-19-9-11-22(34-19)17-6-10-21-23(13-17)35-26(28)32-21/h2-13,15H,14H2,1H3,(H2,28,32)(H,29,30)(H,31,33). The van der Waals surface area contributed by atoms with Gasteiger partial charge in [0.1, 0.15) is 11.6 Å². The number of nitrogens with one attached hydrogen (secondary N) is 2. The first kappa shape index (κ1) is 22.9. The number of rotatable bonds is 7. The van der Waals surface area contributed by atoms with E-state index in [9.17, 15) is 9.18 Å². The van der Waals surface area contributed by atoms with Crippen molar-refractivity contribution < 1.29 is 9.18 Å². The van der Waals surface area contributed by atoms with E-state index < -0.39 is 0 Å². The Kier molecular flexibility index (Phi) is 6.43. The van der Waals surface area contributed by atoms with Crippen LogP contribution >= 0.6 is 22.7 Å². The fraction of sp³-hybridized carbons (Fsp3) is 0.115. The maximum atomic E-state index is 13.2. The molecule has 1 atom stereocenters. The Morgan fingerprint density at radius 3 is 2.74 bits per heavy atom.